The van der Waals surface area contributed by atoms with Gasteiger partial charge in [0, 0.05) is 13.0 Å². The molecule has 3 nitrogen and oxygen atoms in total. The normalized spacial score (nSPS) is 31.8. The van der Waals surface area contributed by atoms with Gasteiger partial charge in [-0.05, 0) is 26.0 Å². The van der Waals surface area contributed by atoms with E-state index in [1.807, 2.05) is 12.1 Å². The van der Waals surface area contributed by atoms with Crippen LogP contribution in [-0.2, 0) is 11.2 Å². The van der Waals surface area contributed by atoms with Crippen molar-refractivity contribution in [3.8, 4) is 0 Å². The van der Waals surface area contributed by atoms with Crippen LogP contribution in [0.15, 0.2) is 16.5 Å². The summed E-state index contributed by atoms with van der Waals surface area (Å²) in [5.41, 5.74) is 0. The number of aryl methyl sites for hydroxylation is 1. The van der Waals surface area contributed by atoms with E-state index in [1.54, 1.807) is 0 Å². The molecule has 0 spiro atoms. The zero-order chi connectivity index (χ0) is 10.8. The quantitative estimate of drug-likeness (QED) is 0.811. The number of hydrogen-bond acceptors (Lipinski definition) is 3. The monoisotopic (exact) mass is 209 g/mol. The second-order valence-corrected chi connectivity index (χ2v) is 4.20. The molecule has 0 bridgehead atoms. The molecule has 0 aliphatic carbocycles. The topological polar surface area (TPSA) is 34.4 Å². The van der Waals surface area contributed by atoms with Gasteiger partial charge in [0.2, 0.25) is 0 Å². The molecule has 1 aliphatic rings. The van der Waals surface area contributed by atoms with Crippen molar-refractivity contribution in [1.82, 2.24) is 5.32 Å². The highest BCUT2D eigenvalue weighted by Gasteiger charge is 2.28. The smallest absolute Gasteiger partial charge is 0.123 e. The molecule has 2 rings (SSSR count). The van der Waals surface area contributed by atoms with E-state index in [1.165, 1.54) is 0 Å². The molecule has 0 radical (unpaired) electrons. The van der Waals surface area contributed by atoms with E-state index in [0.29, 0.717) is 0 Å². The summed E-state index contributed by atoms with van der Waals surface area (Å²) >= 11 is 0. The van der Waals surface area contributed by atoms with Gasteiger partial charge < -0.3 is 14.5 Å². The van der Waals surface area contributed by atoms with Crippen LogP contribution in [0.4, 0.5) is 0 Å². The molecule has 0 saturated carbocycles. The maximum atomic E-state index is 5.77. The Morgan fingerprint density at radius 2 is 2.20 bits per heavy atom. The average molecular weight is 209 g/mol. The zero-order valence-corrected chi connectivity index (χ0v) is 9.62. The van der Waals surface area contributed by atoms with Crippen molar-refractivity contribution in [1.29, 1.82) is 0 Å². The highest BCUT2D eigenvalue weighted by molar-refractivity contribution is 5.12. The van der Waals surface area contributed by atoms with Crippen LogP contribution in [0.2, 0.25) is 0 Å². The summed E-state index contributed by atoms with van der Waals surface area (Å²) in [5, 5.41) is 3.45. The Labute approximate surface area is 90.8 Å². The molecule has 2 heterocycles. The van der Waals surface area contributed by atoms with Crippen LogP contribution in [0, 0.1) is 0 Å². The fraction of sp³-hybridized carbons (Fsp3) is 0.667. The lowest BCUT2D eigenvalue weighted by Gasteiger charge is -2.33. The van der Waals surface area contributed by atoms with Crippen molar-refractivity contribution in [3.05, 3.63) is 23.7 Å². The number of ether oxygens (including phenoxy) is 1. The molecule has 1 N–H and O–H groups in total. The van der Waals surface area contributed by atoms with Gasteiger partial charge in [0.25, 0.3) is 0 Å². The van der Waals surface area contributed by atoms with Gasteiger partial charge in [-0.25, -0.2) is 0 Å². The van der Waals surface area contributed by atoms with Gasteiger partial charge >= 0.3 is 0 Å². The SMILES string of the molecule is CCc1ccc(C2NCC(C)OC2C)o1. The minimum absolute atomic E-state index is 0.171. The van der Waals surface area contributed by atoms with Gasteiger partial charge in [0.05, 0.1) is 18.2 Å². The number of morpholine rings is 1. The first-order valence-corrected chi connectivity index (χ1v) is 5.68. The molecule has 1 saturated heterocycles. The molecule has 3 unspecified atom stereocenters. The van der Waals surface area contributed by atoms with Gasteiger partial charge in [-0.15, -0.1) is 0 Å². The van der Waals surface area contributed by atoms with Gasteiger partial charge in [-0.1, -0.05) is 6.92 Å². The molecule has 1 fully saturated rings. The Morgan fingerprint density at radius 3 is 2.80 bits per heavy atom. The summed E-state index contributed by atoms with van der Waals surface area (Å²) in [5.74, 6) is 2.03. The van der Waals surface area contributed by atoms with Crippen molar-refractivity contribution >= 4 is 0 Å². The molecule has 1 aliphatic heterocycles. The van der Waals surface area contributed by atoms with Crippen LogP contribution in [0.3, 0.4) is 0 Å². The lowest BCUT2D eigenvalue weighted by atomic mass is 10.1. The van der Waals surface area contributed by atoms with Crippen LogP contribution in [-0.4, -0.2) is 18.8 Å². The van der Waals surface area contributed by atoms with Crippen molar-refractivity contribution in [2.24, 2.45) is 0 Å². The summed E-state index contributed by atoms with van der Waals surface area (Å²) < 4.78 is 11.5. The zero-order valence-electron chi connectivity index (χ0n) is 9.62. The standard InChI is InChI=1S/C12H19NO2/c1-4-10-5-6-11(15-10)12-9(3)14-8(2)7-13-12/h5-6,8-9,12-13H,4,7H2,1-3H3. The summed E-state index contributed by atoms with van der Waals surface area (Å²) in [6.07, 6.45) is 1.40. The molecule has 0 amide bonds. The van der Waals surface area contributed by atoms with Gasteiger partial charge in [0.1, 0.15) is 11.5 Å². The second-order valence-electron chi connectivity index (χ2n) is 4.20. The van der Waals surface area contributed by atoms with E-state index in [9.17, 15) is 0 Å². The fourth-order valence-corrected chi connectivity index (χ4v) is 2.04. The van der Waals surface area contributed by atoms with Crippen LogP contribution in [0.1, 0.15) is 38.3 Å². The number of furan rings is 1. The molecular weight excluding hydrogens is 190 g/mol. The highest BCUT2D eigenvalue weighted by atomic mass is 16.5. The minimum Gasteiger partial charge on any atom is -0.464 e. The molecule has 15 heavy (non-hydrogen) atoms. The molecule has 0 aromatic carbocycles. The Hall–Kier alpha value is -0.800. The maximum absolute atomic E-state index is 5.77. The lowest BCUT2D eigenvalue weighted by molar-refractivity contribution is -0.0491. The third kappa shape index (κ3) is 2.24. The number of rotatable bonds is 2. The van der Waals surface area contributed by atoms with Crippen molar-refractivity contribution in [2.75, 3.05) is 6.54 Å². The summed E-state index contributed by atoms with van der Waals surface area (Å²) in [6, 6.07) is 4.29. The molecule has 3 atom stereocenters. The van der Waals surface area contributed by atoms with Crippen molar-refractivity contribution in [3.63, 3.8) is 0 Å². The first-order chi connectivity index (χ1) is 7.20. The van der Waals surface area contributed by atoms with E-state index >= 15 is 0 Å². The molecule has 84 valence electrons. The Balaban J connectivity index is 2.09. The minimum atomic E-state index is 0.171. The fourth-order valence-electron chi connectivity index (χ4n) is 2.04. The van der Waals surface area contributed by atoms with E-state index in [4.69, 9.17) is 9.15 Å². The molecular formula is C12H19NO2. The first-order valence-electron chi connectivity index (χ1n) is 5.68. The summed E-state index contributed by atoms with van der Waals surface area (Å²) in [4.78, 5) is 0. The molecule has 1 aromatic heterocycles. The van der Waals surface area contributed by atoms with Gasteiger partial charge in [-0.2, -0.15) is 0 Å². The molecule has 3 heteroatoms. The number of hydrogen-bond donors (Lipinski definition) is 1. The third-order valence-electron chi connectivity index (χ3n) is 2.88. The van der Waals surface area contributed by atoms with Crippen molar-refractivity contribution in [2.45, 2.75) is 45.4 Å². The van der Waals surface area contributed by atoms with Crippen LogP contribution in [0.5, 0.6) is 0 Å². The van der Waals surface area contributed by atoms with Gasteiger partial charge in [-0.3, -0.25) is 0 Å². The third-order valence-corrected chi connectivity index (χ3v) is 2.88. The number of nitrogens with one attached hydrogen (secondary N) is 1. The Morgan fingerprint density at radius 1 is 1.40 bits per heavy atom. The predicted octanol–water partition coefficient (Wildman–Crippen LogP) is 2.28. The lowest BCUT2D eigenvalue weighted by Crippen LogP contribution is -2.44. The predicted molar refractivity (Wildman–Crippen MR) is 58.8 cm³/mol. The van der Waals surface area contributed by atoms with Crippen LogP contribution >= 0.6 is 0 Å². The average Bonchev–Trinajstić information content (AvgIpc) is 2.66. The summed E-state index contributed by atoms with van der Waals surface area (Å²) in [6.45, 7) is 7.15. The van der Waals surface area contributed by atoms with E-state index < -0.39 is 0 Å². The first kappa shape index (κ1) is 10.7. The van der Waals surface area contributed by atoms with E-state index in [2.05, 4.69) is 26.1 Å². The Bertz CT molecular complexity index is 321. The van der Waals surface area contributed by atoms with Crippen molar-refractivity contribution < 1.29 is 9.15 Å². The van der Waals surface area contributed by atoms with Crippen LogP contribution < -0.4 is 5.32 Å². The Kier molecular flexibility index (Phi) is 3.12. The maximum Gasteiger partial charge on any atom is 0.123 e. The second kappa shape index (κ2) is 4.37. The van der Waals surface area contributed by atoms with Gasteiger partial charge in [0.15, 0.2) is 0 Å². The summed E-state index contributed by atoms with van der Waals surface area (Å²) in [7, 11) is 0. The highest BCUT2D eigenvalue weighted by Crippen LogP contribution is 2.25. The van der Waals surface area contributed by atoms with E-state index in [0.717, 1.165) is 24.5 Å². The largest absolute Gasteiger partial charge is 0.464 e. The van der Waals surface area contributed by atoms with Crippen LogP contribution in [0.25, 0.3) is 0 Å². The van der Waals surface area contributed by atoms with E-state index in [-0.39, 0.29) is 18.2 Å². The molecule has 1 aromatic rings.